The van der Waals surface area contributed by atoms with E-state index in [1.807, 2.05) is 6.92 Å². The summed E-state index contributed by atoms with van der Waals surface area (Å²) in [4.78, 5) is 11.7. The fourth-order valence-corrected chi connectivity index (χ4v) is 1.65. The van der Waals surface area contributed by atoms with Crippen molar-refractivity contribution in [1.82, 2.24) is 5.32 Å². The Labute approximate surface area is 110 Å². The van der Waals surface area contributed by atoms with E-state index in [-0.39, 0.29) is 17.8 Å². The average Bonchev–Trinajstić information content (AvgIpc) is 2.91. The van der Waals surface area contributed by atoms with Gasteiger partial charge in [0.1, 0.15) is 11.6 Å². The van der Waals surface area contributed by atoms with Gasteiger partial charge in [-0.3, -0.25) is 4.79 Å². The first-order valence-corrected chi connectivity index (χ1v) is 5.93. The Hall–Kier alpha value is -2.36. The standard InChI is InChI=1S/C15H14FNO2/c1-11(14-7-4-10-19-14)17-15(18)9-8-12-5-2-3-6-13(12)16/h2-11H,1H3,(H,17,18)/b9-8+/t11-/m0/s1. The van der Waals surface area contributed by atoms with Crippen LogP contribution in [-0.4, -0.2) is 5.91 Å². The number of rotatable bonds is 4. The highest BCUT2D eigenvalue weighted by Crippen LogP contribution is 2.12. The quantitative estimate of drug-likeness (QED) is 0.856. The lowest BCUT2D eigenvalue weighted by molar-refractivity contribution is -0.117. The lowest BCUT2D eigenvalue weighted by atomic mass is 10.2. The van der Waals surface area contributed by atoms with Gasteiger partial charge in [0, 0.05) is 11.6 Å². The van der Waals surface area contributed by atoms with Gasteiger partial charge in [-0.25, -0.2) is 4.39 Å². The van der Waals surface area contributed by atoms with Crippen LogP contribution in [0, 0.1) is 5.82 Å². The number of hydrogen-bond donors (Lipinski definition) is 1. The molecule has 98 valence electrons. The van der Waals surface area contributed by atoms with Gasteiger partial charge in [-0.15, -0.1) is 0 Å². The largest absolute Gasteiger partial charge is 0.467 e. The van der Waals surface area contributed by atoms with E-state index in [2.05, 4.69) is 5.32 Å². The summed E-state index contributed by atoms with van der Waals surface area (Å²) in [5, 5.41) is 2.73. The first-order chi connectivity index (χ1) is 9.16. The van der Waals surface area contributed by atoms with E-state index in [0.717, 1.165) is 0 Å². The molecule has 2 rings (SSSR count). The summed E-state index contributed by atoms with van der Waals surface area (Å²) in [5.41, 5.74) is 0.378. The third-order valence-electron chi connectivity index (χ3n) is 2.65. The van der Waals surface area contributed by atoms with Gasteiger partial charge < -0.3 is 9.73 Å². The lowest BCUT2D eigenvalue weighted by Gasteiger charge is -2.08. The van der Waals surface area contributed by atoms with Gasteiger partial charge in [0.15, 0.2) is 0 Å². The molecule has 0 aliphatic carbocycles. The number of hydrogen-bond acceptors (Lipinski definition) is 2. The van der Waals surface area contributed by atoms with Crippen molar-refractivity contribution >= 4 is 12.0 Å². The molecule has 19 heavy (non-hydrogen) atoms. The summed E-state index contributed by atoms with van der Waals surface area (Å²) in [6, 6.07) is 9.59. The predicted molar refractivity (Wildman–Crippen MR) is 70.7 cm³/mol. The Kier molecular flexibility index (Phi) is 4.13. The zero-order chi connectivity index (χ0) is 13.7. The second kappa shape index (κ2) is 6.00. The molecule has 1 atom stereocenters. The van der Waals surface area contributed by atoms with Crippen molar-refractivity contribution in [1.29, 1.82) is 0 Å². The summed E-state index contributed by atoms with van der Waals surface area (Å²) >= 11 is 0. The Balaban J connectivity index is 1.96. The second-order valence-corrected chi connectivity index (χ2v) is 4.10. The highest BCUT2D eigenvalue weighted by Gasteiger charge is 2.09. The minimum atomic E-state index is -0.356. The maximum atomic E-state index is 13.3. The number of furan rings is 1. The Morgan fingerprint density at radius 3 is 2.79 bits per heavy atom. The van der Waals surface area contributed by atoms with Crippen LogP contribution in [0.4, 0.5) is 4.39 Å². The summed E-state index contributed by atoms with van der Waals surface area (Å²) in [5.74, 6) is 0.0189. The summed E-state index contributed by atoms with van der Waals surface area (Å²) in [6.07, 6.45) is 4.30. The van der Waals surface area contributed by atoms with E-state index in [0.29, 0.717) is 11.3 Å². The molecule has 0 aliphatic heterocycles. The number of benzene rings is 1. The van der Waals surface area contributed by atoms with Crippen molar-refractivity contribution < 1.29 is 13.6 Å². The molecule has 1 aromatic heterocycles. The highest BCUT2D eigenvalue weighted by atomic mass is 19.1. The molecule has 1 amide bonds. The van der Waals surface area contributed by atoms with Gasteiger partial charge in [-0.05, 0) is 31.2 Å². The molecule has 0 saturated carbocycles. The fraction of sp³-hybridized carbons (Fsp3) is 0.133. The molecule has 2 aromatic rings. The Morgan fingerprint density at radius 2 is 2.11 bits per heavy atom. The van der Waals surface area contributed by atoms with E-state index >= 15 is 0 Å². The topological polar surface area (TPSA) is 42.2 Å². The first kappa shape index (κ1) is 13.1. The zero-order valence-electron chi connectivity index (χ0n) is 10.5. The van der Waals surface area contributed by atoms with E-state index in [1.54, 1.807) is 36.6 Å². The molecular formula is C15H14FNO2. The van der Waals surface area contributed by atoms with E-state index < -0.39 is 0 Å². The van der Waals surface area contributed by atoms with E-state index in [4.69, 9.17) is 4.42 Å². The molecule has 0 saturated heterocycles. The molecule has 0 spiro atoms. The average molecular weight is 259 g/mol. The lowest BCUT2D eigenvalue weighted by Crippen LogP contribution is -2.24. The number of carbonyl (C=O) groups excluding carboxylic acids is 1. The number of nitrogens with one attached hydrogen (secondary N) is 1. The normalized spacial score (nSPS) is 12.5. The van der Waals surface area contributed by atoms with Gasteiger partial charge >= 0.3 is 0 Å². The number of amides is 1. The van der Waals surface area contributed by atoms with Crippen LogP contribution in [0.3, 0.4) is 0 Å². The zero-order valence-corrected chi connectivity index (χ0v) is 10.5. The minimum absolute atomic E-state index is 0.229. The van der Waals surface area contributed by atoms with E-state index in [1.165, 1.54) is 18.2 Å². The smallest absolute Gasteiger partial charge is 0.244 e. The molecule has 1 aromatic carbocycles. The van der Waals surface area contributed by atoms with Crippen LogP contribution < -0.4 is 5.32 Å². The fourth-order valence-electron chi connectivity index (χ4n) is 1.65. The van der Waals surface area contributed by atoms with Gasteiger partial charge in [-0.1, -0.05) is 18.2 Å². The van der Waals surface area contributed by atoms with Crippen molar-refractivity contribution in [2.24, 2.45) is 0 Å². The summed E-state index contributed by atoms with van der Waals surface area (Å²) in [7, 11) is 0. The molecule has 0 radical (unpaired) electrons. The van der Waals surface area contributed by atoms with Crippen molar-refractivity contribution in [3.63, 3.8) is 0 Å². The van der Waals surface area contributed by atoms with Gasteiger partial charge in [0.2, 0.25) is 5.91 Å². The van der Waals surface area contributed by atoms with Gasteiger partial charge in [-0.2, -0.15) is 0 Å². The minimum Gasteiger partial charge on any atom is -0.467 e. The highest BCUT2D eigenvalue weighted by molar-refractivity contribution is 5.91. The first-order valence-electron chi connectivity index (χ1n) is 5.93. The molecule has 4 heteroatoms. The molecule has 0 fully saturated rings. The molecule has 0 aliphatic rings. The van der Waals surface area contributed by atoms with Crippen molar-refractivity contribution in [3.8, 4) is 0 Å². The number of carbonyl (C=O) groups is 1. The Morgan fingerprint density at radius 1 is 1.32 bits per heavy atom. The van der Waals surface area contributed by atoms with Crippen LogP contribution >= 0.6 is 0 Å². The van der Waals surface area contributed by atoms with Crippen molar-refractivity contribution in [3.05, 3.63) is 65.9 Å². The van der Waals surface area contributed by atoms with Crippen LogP contribution in [0.1, 0.15) is 24.3 Å². The van der Waals surface area contributed by atoms with Gasteiger partial charge in [0.05, 0.1) is 12.3 Å². The molecule has 3 nitrogen and oxygen atoms in total. The summed E-state index contributed by atoms with van der Waals surface area (Å²) in [6.45, 7) is 1.81. The maximum absolute atomic E-state index is 13.3. The van der Waals surface area contributed by atoms with Crippen molar-refractivity contribution in [2.75, 3.05) is 0 Å². The molecule has 1 N–H and O–H groups in total. The van der Waals surface area contributed by atoms with Crippen LogP contribution in [-0.2, 0) is 4.79 Å². The van der Waals surface area contributed by atoms with Crippen LogP contribution in [0.25, 0.3) is 6.08 Å². The summed E-state index contributed by atoms with van der Waals surface area (Å²) < 4.78 is 18.5. The third kappa shape index (κ3) is 3.55. The predicted octanol–water partition coefficient (Wildman–Crippen LogP) is 3.31. The Bertz CT molecular complexity index is 576. The molecule has 0 bridgehead atoms. The third-order valence-corrected chi connectivity index (χ3v) is 2.65. The SMILES string of the molecule is C[C@H](NC(=O)/C=C/c1ccccc1F)c1ccco1. The van der Waals surface area contributed by atoms with Crippen LogP contribution in [0.2, 0.25) is 0 Å². The maximum Gasteiger partial charge on any atom is 0.244 e. The van der Waals surface area contributed by atoms with Crippen LogP contribution in [0.15, 0.2) is 53.2 Å². The molecule has 0 unspecified atom stereocenters. The van der Waals surface area contributed by atoms with E-state index in [9.17, 15) is 9.18 Å². The van der Waals surface area contributed by atoms with Crippen molar-refractivity contribution in [2.45, 2.75) is 13.0 Å². The van der Waals surface area contributed by atoms with Crippen LogP contribution in [0.5, 0.6) is 0 Å². The second-order valence-electron chi connectivity index (χ2n) is 4.10. The number of halogens is 1. The van der Waals surface area contributed by atoms with Gasteiger partial charge in [0.25, 0.3) is 0 Å². The monoisotopic (exact) mass is 259 g/mol. The molecule has 1 heterocycles. The molecular weight excluding hydrogens is 245 g/mol.